The molecule has 0 radical (unpaired) electrons. The monoisotopic (exact) mass is 296 g/mol. The predicted octanol–water partition coefficient (Wildman–Crippen LogP) is 0.685. The summed E-state index contributed by atoms with van der Waals surface area (Å²) in [5, 5.41) is 8.50. The Morgan fingerprint density at radius 1 is 1.29 bits per heavy atom. The van der Waals surface area contributed by atoms with Crippen LogP contribution in [0, 0.1) is 5.92 Å². The maximum atomic E-state index is 12.0. The van der Waals surface area contributed by atoms with Crippen LogP contribution in [-0.2, 0) is 4.79 Å². The standard InChI is InChI=1S/C15H28N4O2/c1-11(2)17-15(21)18-14(20)10-19(13-5-6-13)9-12-4-3-7-16-8-12/h11-13,16H,3-10H2,1-2H3,(H2,17,18,20,21). The summed E-state index contributed by atoms with van der Waals surface area (Å²) in [4.78, 5) is 25.8. The van der Waals surface area contributed by atoms with E-state index in [2.05, 4.69) is 20.9 Å². The van der Waals surface area contributed by atoms with Crippen molar-refractivity contribution in [2.75, 3.05) is 26.2 Å². The third kappa shape index (κ3) is 6.01. The maximum Gasteiger partial charge on any atom is 0.321 e. The average molecular weight is 296 g/mol. The molecule has 1 heterocycles. The summed E-state index contributed by atoms with van der Waals surface area (Å²) >= 11 is 0. The van der Waals surface area contributed by atoms with E-state index in [9.17, 15) is 9.59 Å². The topological polar surface area (TPSA) is 73.5 Å². The molecular weight excluding hydrogens is 268 g/mol. The molecule has 0 spiro atoms. The van der Waals surface area contributed by atoms with Crippen LogP contribution in [0.2, 0.25) is 0 Å². The van der Waals surface area contributed by atoms with Crippen molar-refractivity contribution in [3.8, 4) is 0 Å². The highest BCUT2D eigenvalue weighted by atomic mass is 16.2. The first-order valence-electron chi connectivity index (χ1n) is 8.09. The number of nitrogens with zero attached hydrogens (tertiary/aromatic N) is 1. The average Bonchev–Trinajstić information content (AvgIpc) is 3.22. The molecule has 0 bridgehead atoms. The van der Waals surface area contributed by atoms with Crippen molar-refractivity contribution < 1.29 is 9.59 Å². The zero-order valence-corrected chi connectivity index (χ0v) is 13.2. The molecule has 0 aromatic heterocycles. The van der Waals surface area contributed by atoms with Gasteiger partial charge >= 0.3 is 6.03 Å². The van der Waals surface area contributed by atoms with Gasteiger partial charge in [-0.1, -0.05) is 0 Å². The summed E-state index contributed by atoms with van der Waals surface area (Å²) in [6.45, 7) is 7.17. The number of hydrogen-bond donors (Lipinski definition) is 3. The summed E-state index contributed by atoms with van der Waals surface area (Å²) in [7, 11) is 0. The Labute approximate surface area is 127 Å². The summed E-state index contributed by atoms with van der Waals surface area (Å²) in [5.41, 5.74) is 0. The first-order valence-corrected chi connectivity index (χ1v) is 8.09. The fraction of sp³-hybridized carbons (Fsp3) is 0.867. The van der Waals surface area contributed by atoms with Crippen molar-refractivity contribution in [2.45, 2.75) is 51.6 Å². The summed E-state index contributed by atoms with van der Waals surface area (Å²) in [6, 6.07) is 0.168. The van der Waals surface area contributed by atoms with Gasteiger partial charge in [0.1, 0.15) is 0 Å². The second kappa shape index (κ2) is 7.75. The fourth-order valence-corrected chi connectivity index (χ4v) is 2.84. The van der Waals surface area contributed by atoms with Gasteiger partial charge in [-0.05, 0) is 58.5 Å². The van der Waals surface area contributed by atoms with Crippen LogP contribution in [-0.4, -0.2) is 55.1 Å². The lowest BCUT2D eigenvalue weighted by molar-refractivity contribution is -0.121. The predicted molar refractivity (Wildman–Crippen MR) is 82.0 cm³/mol. The molecule has 1 aliphatic carbocycles. The van der Waals surface area contributed by atoms with Crippen LogP contribution in [0.1, 0.15) is 39.5 Å². The Morgan fingerprint density at radius 2 is 2.05 bits per heavy atom. The van der Waals surface area contributed by atoms with E-state index in [1.165, 1.54) is 25.7 Å². The van der Waals surface area contributed by atoms with Crippen molar-refractivity contribution in [1.82, 2.24) is 20.9 Å². The quantitative estimate of drug-likeness (QED) is 0.674. The first kappa shape index (κ1) is 16.2. The molecular formula is C15H28N4O2. The second-order valence-electron chi connectivity index (χ2n) is 6.55. The molecule has 21 heavy (non-hydrogen) atoms. The Morgan fingerprint density at radius 3 is 2.62 bits per heavy atom. The second-order valence-corrected chi connectivity index (χ2v) is 6.55. The van der Waals surface area contributed by atoms with Crippen molar-refractivity contribution in [1.29, 1.82) is 0 Å². The first-order chi connectivity index (χ1) is 10.0. The molecule has 6 nitrogen and oxygen atoms in total. The van der Waals surface area contributed by atoms with Crippen LogP contribution in [0.5, 0.6) is 0 Å². The minimum Gasteiger partial charge on any atom is -0.336 e. The summed E-state index contributed by atoms with van der Waals surface area (Å²) in [5.74, 6) is 0.417. The van der Waals surface area contributed by atoms with Crippen LogP contribution >= 0.6 is 0 Å². The smallest absolute Gasteiger partial charge is 0.321 e. The lowest BCUT2D eigenvalue weighted by Crippen LogP contribution is -2.48. The minimum absolute atomic E-state index is 0.0330. The highest BCUT2D eigenvalue weighted by Gasteiger charge is 2.32. The Balaban J connectivity index is 1.76. The lowest BCUT2D eigenvalue weighted by atomic mass is 9.99. The zero-order chi connectivity index (χ0) is 15.2. The molecule has 1 unspecified atom stereocenters. The fourth-order valence-electron chi connectivity index (χ4n) is 2.84. The molecule has 120 valence electrons. The van der Waals surface area contributed by atoms with Crippen LogP contribution in [0.25, 0.3) is 0 Å². The third-order valence-electron chi connectivity index (χ3n) is 3.97. The van der Waals surface area contributed by atoms with Crippen molar-refractivity contribution in [3.05, 3.63) is 0 Å². The highest BCUT2D eigenvalue weighted by Crippen LogP contribution is 2.28. The van der Waals surface area contributed by atoms with E-state index in [0.29, 0.717) is 18.5 Å². The van der Waals surface area contributed by atoms with Gasteiger partial charge in [0, 0.05) is 18.6 Å². The minimum atomic E-state index is -0.398. The van der Waals surface area contributed by atoms with Crippen molar-refractivity contribution in [3.63, 3.8) is 0 Å². The maximum absolute atomic E-state index is 12.0. The van der Waals surface area contributed by atoms with Gasteiger partial charge in [-0.2, -0.15) is 0 Å². The lowest BCUT2D eigenvalue weighted by Gasteiger charge is -2.29. The molecule has 1 aliphatic heterocycles. The molecule has 3 amide bonds. The molecule has 1 atom stereocenters. The van der Waals surface area contributed by atoms with Crippen LogP contribution in [0.15, 0.2) is 0 Å². The number of carbonyl (C=O) groups excluding carboxylic acids is 2. The number of carbonyl (C=O) groups is 2. The molecule has 1 saturated carbocycles. The summed E-state index contributed by atoms with van der Waals surface area (Å²) in [6.07, 6.45) is 4.79. The molecule has 0 aromatic rings. The molecule has 2 rings (SSSR count). The third-order valence-corrected chi connectivity index (χ3v) is 3.97. The van der Waals surface area contributed by atoms with E-state index >= 15 is 0 Å². The van der Waals surface area contributed by atoms with Crippen LogP contribution < -0.4 is 16.0 Å². The van der Waals surface area contributed by atoms with Crippen LogP contribution in [0.4, 0.5) is 4.79 Å². The van der Waals surface area contributed by atoms with E-state index in [0.717, 1.165) is 19.6 Å². The molecule has 3 N–H and O–H groups in total. The SMILES string of the molecule is CC(C)NC(=O)NC(=O)CN(CC1CCCNC1)C1CC1. The Kier molecular flexibility index (Phi) is 5.99. The van der Waals surface area contributed by atoms with Gasteiger partial charge in [0.25, 0.3) is 0 Å². The van der Waals surface area contributed by atoms with Gasteiger partial charge < -0.3 is 10.6 Å². The number of imide groups is 1. The number of urea groups is 1. The van der Waals surface area contributed by atoms with Gasteiger partial charge in [-0.15, -0.1) is 0 Å². The number of piperidine rings is 1. The number of amides is 3. The van der Waals surface area contributed by atoms with Gasteiger partial charge in [-0.25, -0.2) is 4.79 Å². The van der Waals surface area contributed by atoms with Crippen molar-refractivity contribution in [2.24, 2.45) is 5.92 Å². The van der Waals surface area contributed by atoms with Gasteiger partial charge in [0.05, 0.1) is 6.54 Å². The van der Waals surface area contributed by atoms with Crippen molar-refractivity contribution >= 4 is 11.9 Å². The van der Waals surface area contributed by atoms with Gasteiger partial charge in [-0.3, -0.25) is 15.0 Å². The van der Waals surface area contributed by atoms with E-state index in [1.54, 1.807) is 0 Å². The number of hydrogen-bond acceptors (Lipinski definition) is 4. The van der Waals surface area contributed by atoms with E-state index in [-0.39, 0.29) is 11.9 Å². The summed E-state index contributed by atoms with van der Waals surface area (Å²) < 4.78 is 0. The molecule has 2 aliphatic rings. The molecule has 2 fully saturated rings. The Hall–Kier alpha value is -1.14. The van der Waals surface area contributed by atoms with Crippen LogP contribution in [0.3, 0.4) is 0 Å². The van der Waals surface area contributed by atoms with Gasteiger partial charge in [0.15, 0.2) is 0 Å². The molecule has 6 heteroatoms. The van der Waals surface area contributed by atoms with E-state index in [4.69, 9.17) is 0 Å². The zero-order valence-electron chi connectivity index (χ0n) is 13.2. The Bertz CT molecular complexity index is 363. The molecule has 1 saturated heterocycles. The normalized spacial score (nSPS) is 22.4. The largest absolute Gasteiger partial charge is 0.336 e. The number of nitrogens with one attached hydrogen (secondary N) is 3. The van der Waals surface area contributed by atoms with Gasteiger partial charge in [0.2, 0.25) is 5.91 Å². The highest BCUT2D eigenvalue weighted by molar-refractivity contribution is 5.95. The molecule has 0 aromatic carbocycles. The van der Waals surface area contributed by atoms with E-state index < -0.39 is 6.03 Å². The van der Waals surface area contributed by atoms with E-state index in [1.807, 2.05) is 13.8 Å². The number of rotatable bonds is 6.